The van der Waals surface area contributed by atoms with Gasteiger partial charge in [-0.2, -0.15) is 10.2 Å². The summed E-state index contributed by atoms with van der Waals surface area (Å²) >= 11 is 0. The van der Waals surface area contributed by atoms with Gasteiger partial charge in [0.25, 0.3) is 0 Å². The van der Waals surface area contributed by atoms with E-state index in [0.29, 0.717) is 37.7 Å². The molecule has 0 saturated heterocycles. The van der Waals surface area contributed by atoms with Crippen LogP contribution in [0.5, 0.6) is 0 Å². The van der Waals surface area contributed by atoms with Crippen LogP contribution in [0.1, 0.15) is 59.1 Å². The lowest BCUT2D eigenvalue weighted by atomic mass is 10.3. The Bertz CT molecular complexity index is 699. The van der Waals surface area contributed by atoms with E-state index in [1.807, 2.05) is 23.2 Å². The van der Waals surface area contributed by atoms with Gasteiger partial charge in [0.05, 0.1) is 13.2 Å². The summed E-state index contributed by atoms with van der Waals surface area (Å²) in [7, 11) is 0. The molecule has 8 nitrogen and oxygen atoms in total. The number of carbonyl (C=O) groups excluding carboxylic acids is 2. The molecule has 8 heteroatoms. The van der Waals surface area contributed by atoms with Gasteiger partial charge in [-0.1, -0.05) is 0 Å². The van der Waals surface area contributed by atoms with E-state index >= 15 is 0 Å². The van der Waals surface area contributed by atoms with Gasteiger partial charge in [0.15, 0.2) is 11.4 Å². The van der Waals surface area contributed by atoms with Crippen LogP contribution in [0.2, 0.25) is 0 Å². The van der Waals surface area contributed by atoms with E-state index < -0.39 is 11.9 Å². The number of rotatable bonds is 9. The molecular weight excluding hydrogens is 336 g/mol. The number of aryl methyl sites for hydroxylation is 4. The molecule has 0 spiro atoms. The van der Waals surface area contributed by atoms with Crippen LogP contribution in [-0.2, 0) is 22.6 Å². The number of unbranched alkanes of at least 4 members (excludes halogenated alkanes) is 1. The second kappa shape index (κ2) is 9.17. The van der Waals surface area contributed by atoms with Gasteiger partial charge in [0.2, 0.25) is 0 Å². The molecule has 26 heavy (non-hydrogen) atoms. The van der Waals surface area contributed by atoms with Crippen LogP contribution in [0.15, 0.2) is 12.1 Å². The highest BCUT2D eigenvalue weighted by Gasteiger charge is 2.14. The molecule has 0 amide bonds. The van der Waals surface area contributed by atoms with E-state index in [4.69, 9.17) is 9.47 Å². The molecule has 0 atom stereocenters. The van der Waals surface area contributed by atoms with Crippen LogP contribution in [0.4, 0.5) is 0 Å². The average molecular weight is 362 g/mol. The molecule has 2 aromatic heterocycles. The second-order valence-electron chi connectivity index (χ2n) is 5.94. The smallest absolute Gasteiger partial charge is 0.358 e. The molecule has 0 saturated carbocycles. The number of carbonyl (C=O) groups is 2. The highest BCUT2D eigenvalue weighted by atomic mass is 16.5. The van der Waals surface area contributed by atoms with E-state index in [9.17, 15) is 9.59 Å². The van der Waals surface area contributed by atoms with Crippen molar-refractivity contribution in [2.45, 2.75) is 53.6 Å². The highest BCUT2D eigenvalue weighted by Crippen LogP contribution is 2.09. The number of aromatic nitrogens is 4. The van der Waals surface area contributed by atoms with Crippen molar-refractivity contribution in [2.24, 2.45) is 0 Å². The normalized spacial score (nSPS) is 10.8. The zero-order valence-corrected chi connectivity index (χ0v) is 15.8. The summed E-state index contributed by atoms with van der Waals surface area (Å²) in [4.78, 5) is 23.4. The average Bonchev–Trinajstić information content (AvgIpc) is 3.15. The summed E-state index contributed by atoms with van der Waals surface area (Å²) in [5.74, 6) is -0.791. The van der Waals surface area contributed by atoms with E-state index in [1.165, 1.54) is 0 Å². The first kappa shape index (κ1) is 19.7. The predicted molar refractivity (Wildman–Crippen MR) is 95.1 cm³/mol. The summed E-state index contributed by atoms with van der Waals surface area (Å²) in [6.45, 7) is 9.45. The molecule has 0 bridgehead atoms. The standard InChI is InChI=1S/C18H26N4O4/c1-5-25-17(23)15-11-13(3)21(19-15)9-7-8-10-22-14(4)12-16(20-22)18(24)26-6-2/h11-12H,5-10H2,1-4H3. The van der Waals surface area contributed by atoms with Gasteiger partial charge in [0, 0.05) is 24.5 Å². The fourth-order valence-corrected chi connectivity index (χ4v) is 2.61. The third kappa shape index (κ3) is 4.93. The molecule has 0 unspecified atom stereocenters. The largest absolute Gasteiger partial charge is 0.461 e. The minimum absolute atomic E-state index is 0.335. The van der Waals surface area contributed by atoms with Crippen molar-refractivity contribution >= 4 is 11.9 Å². The molecular formula is C18H26N4O4. The Morgan fingerprint density at radius 3 is 1.58 bits per heavy atom. The Morgan fingerprint density at radius 2 is 1.23 bits per heavy atom. The number of hydrogen-bond acceptors (Lipinski definition) is 6. The first-order chi connectivity index (χ1) is 12.5. The monoisotopic (exact) mass is 362 g/mol. The fourth-order valence-electron chi connectivity index (χ4n) is 2.61. The number of hydrogen-bond donors (Lipinski definition) is 0. The van der Waals surface area contributed by atoms with Crippen LogP contribution in [0.25, 0.3) is 0 Å². The lowest BCUT2D eigenvalue weighted by Gasteiger charge is -2.06. The minimum atomic E-state index is -0.395. The zero-order valence-electron chi connectivity index (χ0n) is 15.8. The van der Waals surface area contributed by atoms with Crippen molar-refractivity contribution < 1.29 is 19.1 Å². The lowest BCUT2D eigenvalue weighted by Crippen LogP contribution is -2.10. The topological polar surface area (TPSA) is 88.2 Å². The van der Waals surface area contributed by atoms with Gasteiger partial charge < -0.3 is 9.47 Å². The van der Waals surface area contributed by atoms with E-state index in [0.717, 1.165) is 24.2 Å². The van der Waals surface area contributed by atoms with Gasteiger partial charge in [-0.05, 0) is 52.7 Å². The quantitative estimate of drug-likeness (QED) is 0.503. The maximum Gasteiger partial charge on any atom is 0.358 e. The van der Waals surface area contributed by atoms with Crippen LogP contribution in [0, 0.1) is 13.8 Å². The number of nitrogens with zero attached hydrogens (tertiary/aromatic N) is 4. The molecule has 0 aromatic carbocycles. The Balaban J connectivity index is 1.86. The van der Waals surface area contributed by atoms with Gasteiger partial charge in [-0.15, -0.1) is 0 Å². The van der Waals surface area contributed by atoms with E-state index in [-0.39, 0.29) is 0 Å². The molecule has 0 aliphatic heterocycles. The summed E-state index contributed by atoms with van der Waals surface area (Å²) in [6.07, 6.45) is 1.75. The van der Waals surface area contributed by atoms with Gasteiger partial charge >= 0.3 is 11.9 Å². The molecule has 142 valence electrons. The number of esters is 2. The van der Waals surface area contributed by atoms with E-state index in [1.54, 1.807) is 26.0 Å². The van der Waals surface area contributed by atoms with Crippen molar-refractivity contribution in [3.05, 3.63) is 34.9 Å². The van der Waals surface area contributed by atoms with Crippen molar-refractivity contribution in [3.63, 3.8) is 0 Å². The van der Waals surface area contributed by atoms with E-state index in [2.05, 4.69) is 10.2 Å². The molecule has 2 rings (SSSR count). The van der Waals surface area contributed by atoms with Crippen LogP contribution in [-0.4, -0.2) is 44.7 Å². The van der Waals surface area contributed by atoms with Crippen molar-refractivity contribution in [1.82, 2.24) is 19.6 Å². The molecule has 2 aromatic rings. The molecule has 0 aliphatic carbocycles. The Morgan fingerprint density at radius 1 is 0.846 bits per heavy atom. The maximum atomic E-state index is 11.7. The van der Waals surface area contributed by atoms with Crippen LogP contribution >= 0.6 is 0 Å². The SMILES string of the molecule is CCOC(=O)c1cc(C)n(CCCCn2nc(C(=O)OCC)cc2C)n1. The summed E-state index contributed by atoms with van der Waals surface area (Å²) < 4.78 is 13.6. The van der Waals surface area contributed by atoms with Crippen molar-refractivity contribution in [3.8, 4) is 0 Å². The summed E-state index contributed by atoms with van der Waals surface area (Å²) in [5.41, 5.74) is 2.53. The Kier molecular flexibility index (Phi) is 6.94. The zero-order chi connectivity index (χ0) is 19.1. The fraction of sp³-hybridized carbons (Fsp3) is 0.556. The predicted octanol–water partition coefficient (Wildman–Crippen LogP) is 2.53. The minimum Gasteiger partial charge on any atom is -0.461 e. The molecule has 0 aliphatic rings. The van der Waals surface area contributed by atoms with Gasteiger partial charge in [0.1, 0.15) is 0 Å². The maximum absolute atomic E-state index is 11.7. The molecule has 0 fully saturated rings. The van der Waals surface area contributed by atoms with Crippen LogP contribution in [0.3, 0.4) is 0 Å². The molecule has 0 radical (unpaired) electrons. The third-order valence-corrected chi connectivity index (χ3v) is 3.92. The summed E-state index contributed by atoms with van der Waals surface area (Å²) in [5, 5.41) is 8.59. The van der Waals surface area contributed by atoms with Crippen LogP contribution < -0.4 is 0 Å². The first-order valence-corrected chi connectivity index (χ1v) is 8.89. The summed E-state index contributed by atoms with van der Waals surface area (Å²) in [6, 6.07) is 3.47. The lowest BCUT2D eigenvalue weighted by molar-refractivity contribution is 0.0508. The Labute approximate surface area is 153 Å². The van der Waals surface area contributed by atoms with Crippen molar-refractivity contribution in [1.29, 1.82) is 0 Å². The van der Waals surface area contributed by atoms with Gasteiger partial charge in [-0.25, -0.2) is 9.59 Å². The molecule has 2 heterocycles. The second-order valence-corrected chi connectivity index (χ2v) is 5.94. The molecule has 0 N–H and O–H groups in total. The highest BCUT2D eigenvalue weighted by molar-refractivity contribution is 5.87. The van der Waals surface area contributed by atoms with Crippen molar-refractivity contribution in [2.75, 3.05) is 13.2 Å². The third-order valence-electron chi connectivity index (χ3n) is 3.92. The number of ether oxygens (including phenoxy) is 2. The van der Waals surface area contributed by atoms with Gasteiger partial charge in [-0.3, -0.25) is 9.36 Å². The first-order valence-electron chi connectivity index (χ1n) is 8.89. The Hall–Kier alpha value is -2.64.